The van der Waals surface area contributed by atoms with Gasteiger partial charge in [-0.1, -0.05) is 30.3 Å². The summed E-state index contributed by atoms with van der Waals surface area (Å²) in [7, 11) is -3.64. The molecule has 0 unspecified atom stereocenters. The summed E-state index contributed by atoms with van der Waals surface area (Å²) in [5.41, 5.74) is 1.16. The summed E-state index contributed by atoms with van der Waals surface area (Å²) in [4.78, 5) is 6.86. The second-order valence-corrected chi connectivity index (χ2v) is 9.52. The molecule has 0 amide bonds. The van der Waals surface area contributed by atoms with E-state index in [2.05, 4.69) is 14.3 Å². The molecule has 9 heteroatoms. The Morgan fingerprint density at radius 3 is 2.48 bits per heavy atom. The van der Waals surface area contributed by atoms with E-state index in [4.69, 9.17) is 0 Å². The van der Waals surface area contributed by atoms with Gasteiger partial charge in [-0.15, -0.1) is 0 Å². The molecule has 1 aromatic heterocycles. The second-order valence-electron chi connectivity index (χ2n) is 6.85. The molecule has 0 spiro atoms. The number of halogens is 1. The maximum absolute atomic E-state index is 13.1. The molecule has 1 aliphatic heterocycles. The van der Waals surface area contributed by atoms with Crippen molar-refractivity contribution in [2.24, 2.45) is 0 Å². The summed E-state index contributed by atoms with van der Waals surface area (Å²) in [6.07, 6.45) is 1.37. The highest BCUT2D eigenvalue weighted by Crippen LogP contribution is 2.23. The first-order valence-electron chi connectivity index (χ1n) is 9.39. The number of hydrogen-bond donors (Lipinski definition) is 0. The third-order valence-corrected chi connectivity index (χ3v) is 7.57. The lowest BCUT2D eigenvalue weighted by atomic mass is 10.1. The quantitative estimate of drug-likeness (QED) is 0.620. The average molecular weight is 433 g/mol. The first-order chi connectivity index (χ1) is 14.0. The van der Waals surface area contributed by atoms with Crippen LogP contribution in [0, 0.1) is 5.82 Å². The summed E-state index contributed by atoms with van der Waals surface area (Å²) in [5, 5.41) is 0.817. The Balaban J connectivity index is 1.43. The van der Waals surface area contributed by atoms with E-state index in [0.29, 0.717) is 32.5 Å². The molecule has 1 fully saturated rings. The lowest BCUT2D eigenvalue weighted by Gasteiger charge is -2.21. The third kappa shape index (κ3) is 4.63. The van der Waals surface area contributed by atoms with Crippen LogP contribution in [0.4, 0.5) is 9.52 Å². The standard InChI is InChI=1S/C20H21FN4O2S2/c21-17-7-9-18(10-8-17)29(26,27)25-12-4-11-24(13-14-25)20-22-19(23-28-20)15-16-5-2-1-3-6-16/h1-3,5-10H,4,11-15H2. The molecule has 2 heterocycles. The van der Waals surface area contributed by atoms with Crippen molar-refractivity contribution in [3.8, 4) is 0 Å². The van der Waals surface area contributed by atoms with Gasteiger partial charge in [0, 0.05) is 44.1 Å². The highest BCUT2D eigenvalue weighted by Gasteiger charge is 2.27. The predicted molar refractivity (Wildman–Crippen MR) is 111 cm³/mol. The molecular weight excluding hydrogens is 411 g/mol. The summed E-state index contributed by atoms with van der Waals surface area (Å²) in [6.45, 7) is 2.04. The monoisotopic (exact) mass is 432 g/mol. The highest BCUT2D eigenvalue weighted by molar-refractivity contribution is 7.89. The SMILES string of the molecule is O=S(=O)(c1ccc(F)cc1)N1CCCN(c2nc(Cc3ccccc3)ns2)CC1. The zero-order chi connectivity index (χ0) is 20.3. The number of rotatable bonds is 5. The van der Waals surface area contributed by atoms with Crippen LogP contribution in [0.1, 0.15) is 17.8 Å². The van der Waals surface area contributed by atoms with Crippen molar-refractivity contribution < 1.29 is 12.8 Å². The van der Waals surface area contributed by atoms with E-state index in [-0.39, 0.29) is 4.90 Å². The van der Waals surface area contributed by atoms with Crippen LogP contribution >= 0.6 is 11.5 Å². The first-order valence-corrected chi connectivity index (χ1v) is 11.6. The molecule has 152 valence electrons. The number of aromatic nitrogens is 2. The van der Waals surface area contributed by atoms with E-state index in [9.17, 15) is 12.8 Å². The topological polar surface area (TPSA) is 66.4 Å². The van der Waals surface area contributed by atoms with Gasteiger partial charge in [0.2, 0.25) is 15.2 Å². The molecule has 1 saturated heterocycles. The molecule has 0 aliphatic carbocycles. The van der Waals surface area contributed by atoms with Gasteiger partial charge in [0.15, 0.2) is 0 Å². The normalized spacial score (nSPS) is 16.0. The molecule has 3 aromatic rings. The number of sulfonamides is 1. The van der Waals surface area contributed by atoms with Crippen LogP contribution in [0.3, 0.4) is 0 Å². The number of nitrogens with zero attached hydrogens (tertiary/aromatic N) is 4. The van der Waals surface area contributed by atoms with E-state index in [1.807, 2.05) is 30.3 Å². The molecule has 6 nitrogen and oxygen atoms in total. The molecular formula is C20H21FN4O2S2. The van der Waals surface area contributed by atoms with Gasteiger partial charge in [-0.2, -0.15) is 8.68 Å². The fraction of sp³-hybridized carbons (Fsp3) is 0.300. The van der Waals surface area contributed by atoms with Gasteiger partial charge in [-0.25, -0.2) is 17.8 Å². The molecule has 29 heavy (non-hydrogen) atoms. The van der Waals surface area contributed by atoms with Crippen LogP contribution in [-0.2, 0) is 16.4 Å². The van der Waals surface area contributed by atoms with Crippen LogP contribution in [0.2, 0.25) is 0 Å². The zero-order valence-electron chi connectivity index (χ0n) is 15.7. The van der Waals surface area contributed by atoms with Crippen molar-refractivity contribution >= 4 is 26.7 Å². The highest BCUT2D eigenvalue weighted by atomic mass is 32.2. The van der Waals surface area contributed by atoms with E-state index < -0.39 is 15.8 Å². The molecule has 0 atom stereocenters. The summed E-state index contributed by atoms with van der Waals surface area (Å²) >= 11 is 1.35. The zero-order valence-corrected chi connectivity index (χ0v) is 17.4. The molecule has 0 radical (unpaired) electrons. The Morgan fingerprint density at radius 1 is 0.966 bits per heavy atom. The largest absolute Gasteiger partial charge is 0.345 e. The molecule has 0 N–H and O–H groups in total. The minimum absolute atomic E-state index is 0.119. The Morgan fingerprint density at radius 2 is 1.72 bits per heavy atom. The first kappa shape index (κ1) is 19.9. The van der Waals surface area contributed by atoms with Gasteiger partial charge in [0.1, 0.15) is 11.6 Å². The van der Waals surface area contributed by atoms with E-state index in [0.717, 1.165) is 23.1 Å². The van der Waals surface area contributed by atoms with Crippen LogP contribution < -0.4 is 4.90 Å². The maximum Gasteiger partial charge on any atom is 0.243 e. The van der Waals surface area contributed by atoms with Crippen LogP contribution in [0.5, 0.6) is 0 Å². The van der Waals surface area contributed by atoms with Crippen LogP contribution in [0.15, 0.2) is 59.5 Å². The fourth-order valence-corrected chi connectivity index (χ4v) is 5.51. The van der Waals surface area contributed by atoms with Gasteiger partial charge < -0.3 is 4.90 Å². The Labute approximate surface area is 173 Å². The minimum atomic E-state index is -3.64. The predicted octanol–water partition coefficient (Wildman–Crippen LogP) is 3.17. The molecule has 0 bridgehead atoms. The van der Waals surface area contributed by atoms with Crippen molar-refractivity contribution in [2.45, 2.75) is 17.7 Å². The second kappa shape index (κ2) is 8.56. The molecule has 2 aromatic carbocycles. The minimum Gasteiger partial charge on any atom is -0.345 e. The number of benzene rings is 2. The summed E-state index contributed by atoms with van der Waals surface area (Å²) in [5.74, 6) is 0.324. The van der Waals surface area contributed by atoms with Crippen LogP contribution in [-0.4, -0.2) is 48.3 Å². The Kier molecular flexibility index (Phi) is 5.89. The van der Waals surface area contributed by atoms with Crippen LogP contribution in [0.25, 0.3) is 0 Å². The Hall–Kier alpha value is -2.36. The van der Waals surface area contributed by atoms with E-state index in [1.54, 1.807) is 0 Å². The van der Waals surface area contributed by atoms with Crippen molar-refractivity contribution in [1.29, 1.82) is 0 Å². The number of hydrogen-bond acceptors (Lipinski definition) is 6. The maximum atomic E-state index is 13.1. The third-order valence-electron chi connectivity index (χ3n) is 4.84. The van der Waals surface area contributed by atoms with Gasteiger partial charge in [-0.05, 0) is 36.2 Å². The van der Waals surface area contributed by atoms with Crippen molar-refractivity contribution in [3.05, 3.63) is 71.8 Å². The molecule has 0 saturated carbocycles. The van der Waals surface area contributed by atoms with Crippen molar-refractivity contribution in [2.75, 3.05) is 31.1 Å². The van der Waals surface area contributed by atoms with Crippen molar-refractivity contribution in [1.82, 2.24) is 13.7 Å². The smallest absolute Gasteiger partial charge is 0.243 e. The lowest BCUT2D eigenvalue weighted by molar-refractivity contribution is 0.433. The van der Waals surface area contributed by atoms with E-state index >= 15 is 0 Å². The average Bonchev–Trinajstić information content (AvgIpc) is 3.03. The van der Waals surface area contributed by atoms with Gasteiger partial charge in [0.25, 0.3) is 0 Å². The molecule has 4 rings (SSSR count). The van der Waals surface area contributed by atoms with Gasteiger partial charge in [-0.3, -0.25) is 0 Å². The van der Waals surface area contributed by atoms with E-state index in [1.165, 1.54) is 40.1 Å². The fourth-order valence-electron chi connectivity index (χ4n) is 3.30. The Bertz CT molecular complexity index is 1060. The van der Waals surface area contributed by atoms with Gasteiger partial charge in [0.05, 0.1) is 4.90 Å². The molecule has 1 aliphatic rings. The summed E-state index contributed by atoms with van der Waals surface area (Å²) < 4.78 is 44.8. The lowest BCUT2D eigenvalue weighted by Crippen LogP contribution is -2.35. The number of anilines is 1. The van der Waals surface area contributed by atoms with Crippen molar-refractivity contribution in [3.63, 3.8) is 0 Å². The van der Waals surface area contributed by atoms with Gasteiger partial charge >= 0.3 is 0 Å². The summed E-state index contributed by atoms with van der Waals surface area (Å²) in [6, 6.07) is 15.0.